The maximum Gasteiger partial charge on any atom is 0.255 e. The van der Waals surface area contributed by atoms with Crippen molar-refractivity contribution in [1.29, 1.82) is 0 Å². The van der Waals surface area contributed by atoms with E-state index in [0.717, 1.165) is 18.2 Å². The standard InChI is InChI=1S/C26H29ClF2N2O6S/c1-13(32)7-24(33)30-12-26(35)18-10-17(11-19(26)14(18)2)38(36,37)23-8-15(3-5-20(23)27)25(34)31-16-4-6-21(28)22(29)9-16/h3-6,8-9,13-14,17-19,32,35H,7,10-12H2,1-2H3,(H,30,33)(H,31,34)/t13-,14?,17?,18?,19?,26?/m0/s1. The van der Waals surface area contributed by atoms with E-state index < -0.39 is 50.2 Å². The molecule has 0 saturated heterocycles. The number of aliphatic hydroxyl groups is 2. The Morgan fingerprint density at radius 3 is 2.39 bits per heavy atom. The molecule has 0 spiro atoms. The zero-order chi connectivity index (χ0) is 28.0. The van der Waals surface area contributed by atoms with Crippen molar-refractivity contribution in [3.63, 3.8) is 0 Å². The van der Waals surface area contributed by atoms with E-state index in [0.29, 0.717) is 0 Å². The quantitative estimate of drug-likeness (QED) is 0.385. The van der Waals surface area contributed by atoms with E-state index in [4.69, 9.17) is 11.6 Å². The Bertz CT molecular complexity index is 1360. The van der Waals surface area contributed by atoms with Crippen molar-refractivity contribution in [3.8, 4) is 0 Å². The number of rotatable bonds is 8. The summed E-state index contributed by atoms with van der Waals surface area (Å²) in [5, 5.41) is 24.7. The lowest BCUT2D eigenvalue weighted by molar-refractivity contribution is -0.213. The minimum atomic E-state index is -4.01. The third-order valence-corrected chi connectivity index (χ3v) is 10.4. The molecule has 3 atom stereocenters. The predicted octanol–water partition coefficient (Wildman–Crippen LogP) is 3.31. The van der Waals surface area contributed by atoms with Gasteiger partial charge in [-0.3, -0.25) is 9.59 Å². The Balaban J connectivity index is 1.50. The summed E-state index contributed by atoms with van der Waals surface area (Å²) in [5.74, 6) is -4.07. The fourth-order valence-electron chi connectivity index (χ4n) is 5.76. The van der Waals surface area contributed by atoms with Crippen molar-refractivity contribution < 1.29 is 37.0 Å². The van der Waals surface area contributed by atoms with Gasteiger partial charge in [-0.25, -0.2) is 17.2 Å². The van der Waals surface area contributed by atoms with Crippen LogP contribution < -0.4 is 10.6 Å². The molecule has 0 aromatic heterocycles. The maximum absolute atomic E-state index is 13.6. The van der Waals surface area contributed by atoms with Gasteiger partial charge in [-0.15, -0.1) is 0 Å². The second kappa shape index (κ2) is 10.5. The van der Waals surface area contributed by atoms with Gasteiger partial charge in [0.25, 0.3) is 5.91 Å². The number of amides is 2. The Morgan fingerprint density at radius 2 is 1.79 bits per heavy atom. The fourth-order valence-corrected chi connectivity index (χ4v) is 8.11. The van der Waals surface area contributed by atoms with Crippen molar-refractivity contribution >= 4 is 38.9 Å². The summed E-state index contributed by atoms with van der Waals surface area (Å²) in [6, 6.07) is 6.61. The number of halogens is 3. The summed E-state index contributed by atoms with van der Waals surface area (Å²) in [6.45, 7) is 3.38. The van der Waals surface area contributed by atoms with Crippen LogP contribution >= 0.6 is 11.6 Å². The van der Waals surface area contributed by atoms with Crippen LogP contribution in [0.5, 0.6) is 0 Å². The number of sulfone groups is 1. The average Bonchev–Trinajstić information content (AvgIpc) is 2.85. The first-order valence-electron chi connectivity index (χ1n) is 12.2. The molecule has 3 aliphatic carbocycles. The van der Waals surface area contributed by atoms with E-state index in [-0.39, 0.29) is 64.7 Å². The molecule has 2 aromatic rings. The number of benzene rings is 2. The number of hydrogen-bond donors (Lipinski definition) is 4. The summed E-state index contributed by atoms with van der Waals surface area (Å²) < 4.78 is 53.9. The summed E-state index contributed by atoms with van der Waals surface area (Å²) in [5.41, 5.74) is -1.30. The molecular weight excluding hydrogens is 542 g/mol. The first-order valence-corrected chi connectivity index (χ1v) is 14.1. The minimum Gasteiger partial charge on any atom is -0.393 e. The Labute approximate surface area is 224 Å². The molecule has 3 saturated carbocycles. The van der Waals surface area contributed by atoms with Gasteiger partial charge in [0.05, 0.1) is 33.3 Å². The molecule has 0 heterocycles. The second-order valence-electron chi connectivity index (χ2n) is 10.3. The Hall–Kier alpha value is -2.60. The number of carbonyl (C=O) groups excluding carboxylic acids is 2. The van der Waals surface area contributed by atoms with E-state index in [1.54, 1.807) is 0 Å². The molecule has 12 heteroatoms. The van der Waals surface area contributed by atoms with Crippen molar-refractivity contribution in [2.24, 2.45) is 17.8 Å². The van der Waals surface area contributed by atoms with Gasteiger partial charge in [-0.2, -0.15) is 0 Å². The van der Waals surface area contributed by atoms with Crippen molar-refractivity contribution in [2.75, 3.05) is 11.9 Å². The van der Waals surface area contributed by atoms with Crippen LogP contribution in [0.25, 0.3) is 0 Å². The zero-order valence-electron chi connectivity index (χ0n) is 20.7. The molecule has 3 fully saturated rings. The predicted molar refractivity (Wildman–Crippen MR) is 136 cm³/mol. The molecule has 2 aromatic carbocycles. The topological polar surface area (TPSA) is 133 Å². The lowest BCUT2D eigenvalue weighted by Gasteiger charge is -2.62. The van der Waals surface area contributed by atoms with E-state index in [1.165, 1.54) is 25.1 Å². The summed E-state index contributed by atoms with van der Waals surface area (Å²) in [7, 11) is -4.01. The normalized spacial score (nSPS) is 27.2. The number of aliphatic hydroxyl groups excluding tert-OH is 1. The first kappa shape index (κ1) is 28.4. The van der Waals surface area contributed by atoms with Gasteiger partial charge in [0.15, 0.2) is 21.5 Å². The van der Waals surface area contributed by atoms with Crippen LogP contribution in [0.15, 0.2) is 41.3 Å². The largest absolute Gasteiger partial charge is 0.393 e. The molecule has 5 rings (SSSR count). The van der Waals surface area contributed by atoms with E-state index in [9.17, 15) is 37.0 Å². The van der Waals surface area contributed by atoms with Crippen LogP contribution in [-0.2, 0) is 14.6 Å². The molecule has 8 nitrogen and oxygen atoms in total. The average molecular weight is 571 g/mol. The zero-order valence-corrected chi connectivity index (χ0v) is 22.3. The molecule has 2 unspecified atom stereocenters. The SMILES string of the molecule is CC1C2CC(S(=O)(=O)c3cc(C(=O)Nc4ccc(F)c(F)c4)ccc3Cl)CC1C2(O)CNC(=O)C[C@H](C)O. The highest BCUT2D eigenvalue weighted by Gasteiger charge is 2.64. The molecule has 2 bridgehead atoms. The van der Waals surface area contributed by atoms with Gasteiger partial charge in [-0.05, 0) is 67.9 Å². The molecular formula is C26H29ClF2N2O6S. The number of carbonyl (C=O) groups is 2. The molecule has 206 valence electrons. The van der Waals surface area contributed by atoms with Crippen LogP contribution in [0.3, 0.4) is 0 Å². The summed E-state index contributed by atoms with van der Waals surface area (Å²) in [6.07, 6.45) is -0.635. The Morgan fingerprint density at radius 1 is 1.13 bits per heavy atom. The molecule has 2 amide bonds. The molecule has 3 aliphatic rings. The van der Waals surface area contributed by atoms with Gasteiger partial charge in [-0.1, -0.05) is 18.5 Å². The van der Waals surface area contributed by atoms with Crippen LogP contribution in [-0.4, -0.2) is 53.9 Å². The van der Waals surface area contributed by atoms with E-state index in [2.05, 4.69) is 10.6 Å². The van der Waals surface area contributed by atoms with Gasteiger partial charge < -0.3 is 20.8 Å². The van der Waals surface area contributed by atoms with Crippen molar-refractivity contribution in [1.82, 2.24) is 5.32 Å². The second-order valence-corrected chi connectivity index (χ2v) is 12.9. The van der Waals surface area contributed by atoms with E-state index >= 15 is 0 Å². The molecule has 0 radical (unpaired) electrons. The minimum absolute atomic E-state index is 0.00515. The van der Waals surface area contributed by atoms with Crippen LogP contribution in [0, 0.1) is 29.4 Å². The molecule has 38 heavy (non-hydrogen) atoms. The Kier molecular flexibility index (Phi) is 7.86. The van der Waals surface area contributed by atoms with Crippen LogP contribution in [0.2, 0.25) is 5.02 Å². The smallest absolute Gasteiger partial charge is 0.255 e. The highest BCUT2D eigenvalue weighted by Crippen LogP contribution is 2.59. The van der Waals surface area contributed by atoms with Crippen molar-refractivity contribution in [3.05, 3.63) is 58.6 Å². The summed E-state index contributed by atoms with van der Waals surface area (Å²) in [4.78, 5) is 24.4. The van der Waals surface area contributed by atoms with E-state index in [1.807, 2.05) is 6.92 Å². The van der Waals surface area contributed by atoms with Crippen LogP contribution in [0.4, 0.5) is 14.5 Å². The monoisotopic (exact) mass is 570 g/mol. The van der Waals surface area contributed by atoms with Gasteiger partial charge in [0.1, 0.15) is 0 Å². The lowest BCUT2D eigenvalue weighted by atomic mass is 9.48. The lowest BCUT2D eigenvalue weighted by Crippen LogP contribution is -2.70. The molecule has 4 N–H and O–H groups in total. The third kappa shape index (κ3) is 5.29. The summed E-state index contributed by atoms with van der Waals surface area (Å²) >= 11 is 6.24. The fraction of sp³-hybridized carbons (Fsp3) is 0.462. The van der Waals surface area contributed by atoms with Gasteiger partial charge >= 0.3 is 0 Å². The number of nitrogens with one attached hydrogen (secondary N) is 2. The van der Waals surface area contributed by atoms with Gasteiger partial charge in [0.2, 0.25) is 5.91 Å². The van der Waals surface area contributed by atoms with Crippen LogP contribution in [0.1, 0.15) is 43.5 Å². The number of anilines is 1. The van der Waals surface area contributed by atoms with Crippen molar-refractivity contribution in [2.45, 2.75) is 55.0 Å². The highest BCUT2D eigenvalue weighted by molar-refractivity contribution is 7.92. The van der Waals surface area contributed by atoms with Gasteiger partial charge in [0, 0.05) is 23.9 Å². The number of fused-ring (bicyclic) bond motifs is 2. The highest BCUT2D eigenvalue weighted by atomic mass is 35.5. The number of hydrogen-bond acceptors (Lipinski definition) is 6. The third-order valence-electron chi connectivity index (χ3n) is 7.75. The molecule has 0 aliphatic heterocycles. The first-order chi connectivity index (χ1) is 17.7. The maximum atomic E-state index is 13.6.